The molecule has 1 atom stereocenters. The van der Waals surface area contributed by atoms with Gasteiger partial charge in [0.2, 0.25) is 0 Å². The summed E-state index contributed by atoms with van der Waals surface area (Å²) < 4.78 is 36.9. The van der Waals surface area contributed by atoms with Crippen LogP contribution in [-0.4, -0.2) is 11.3 Å². The normalized spacial score (nSPS) is 13.5. The number of carbonyl (C=O) groups is 1. The molecule has 1 aromatic rings. The van der Waals surface area contributed by atoms with E-state index in [-0.39, 0.29) is 27.2 Å². The molecular weight excluding hydrogens is 296 g/mol. The highest BCUT2D eigenvalue weighted by atomic mass is 35.5. The van der Waals surface area contributed by atoms with Crippen molar-refractivity contribution in [3.8, 4) is 0 Å². The summed E-state index contributed by atoms with van der Waals surface area (Å²) in [5.41, 5.74) is -4.45. The predicted octanol–water partition coefficient (Wildman–Crippen LogP) is 4.82. The second-order valence-electron chi connectivity index (χ2n) is 3.17. The number of rotatable bonds is 3. The number of Topliss-reactive ketones (excluding diaryl/α,β-unsaturated/α-hetero) is 1. The monoisotopic (exact) mass is 302 g/mol. The van der Waals surface area contributed by atoms with Gasteiger partial charge in [-0.2, -0.15) is 13.2 Å². The van der Waals surface area contributed by atoms with Crippen LogP contribution < -0.4 is 0 Å². The minimum absolute atomic E-state index is 0.00524. The smallest absolute Gasteiger partial charge is 0.298 e. The zero-order chi connectivity index (χ0) is 13.2. The van der Waals surface area contributed by atoms with E-state index >= 15 is 0 Å². The van der Waals surface area contributed by atoms with Crippen LogP contribution in [0.1, 0.15) is 17.9 Å². The van der Waals surface area contributed by atoms with Gasteiger partial charge in [-0.3, -0.25) is 4.79 Å². The topological polar surface area (TPSA) is 17.1 Å². The van der Waals surface area contributed by atoms with E-state index in [0.717, 1.165) is 0 Å². The minimum Gasteiger partial charge on any atom is -0.298 e. The molecule has 7 heteroatoms. The van der Waals surface area contributed by atoms with Gasteiger partial charge in [0.15, 0.2) is 5.78 Å². The average Bonchev–Trinajstić information content (AvgIpc) is 2.14. The molecule has 0 aliphatic rings. The molecule has 0 bridgehead atoms. The lowest BCUT2D eigenvalue weighted by Gasteiger charge is -2.15. The van der Waals surface area contributed by atoms with E-state index in [2.05, 4.69) is 0 Å². The van der Waals surface area contributed by atoms with Crippen LogP contribution in [-0.2, 0) is 4.79 Å². The number of ketones is 1. The number of thioether (sulfide) groups is 1. The highest BCUT2D eigenvalue weighted by Gasteiger charge is 2.32. The van der Waals surface area contributed by atoms with Gasteiger partial charge in [-0.15, -0.1) is 11.6 Å². The van der Waals surface area contributed by atoms with Gasteiger partial charge >= 0.3 is 5.51 Å². The van der Waals surface area contributed by atoms with Crippen molar-refractivity contribution in [2.45, 2.75) is 22.7 Å². The van der Waals surface area contributed by atoms with Crippen molar-refractivity contribution >= 4 is 40.7 Å². The fourth-order valence-corrected chi connectivity index (χ4v) is 2.61. The summed E-state index contributed by atoms with van der Waals surface area (Å²) in [6.45, 7) is 1.20. The fourth-order valence-electron chi connectivity index (χ4n) is 1.18. The van der Waals surface area contributed by atoms with Crippen molar-refractivity contribution in [1.82, 2.24) is 0 Å². The zero-order valence-corrected chi connectivity index (χ0v) is 10.8. The van der Waals surface area contributed by atoms with Crippen molar-refractivity contribution in [2.75, 3.05) is 0 Å². The highest BCUT2D eigenvalue weighted by molar-refractivity contribution is 8.00. The number of halogens is 5. The summed E-state index contributed by atoms with van der Waals surface area (Å²) >= 11 is 11.2. The van der Waals surface area contributed by atoms with Gasteiger partial charge in [0.1, 0.15) is 5.38 Å². The Balaban J connectivity index is 3.22. The summed E-state index contributed by atoms with van der Waals surface area (Å²) in [5.74, 6) is -0.455. The first kappa shape index (κ1) is 14.7. The molecule has 1 unspecified atom stereocenters. The van der Waals surface area contributed by atoms with Crippen LogP contribution in [0.4, 0.5) is 13.2 Å². The molecule has 0 saturated carbocycles. The maximum atomic E-state index is 12.3. The van der Waals surface area contributed by atoms with Crippen LogP contribution in [0.15, 0.2) is 23.1 Å². The molecule has 94 valence electrons. The molecule has 0 radical (unpaired) electrons. The second-order valence-corrected chi connectivity index (χ2v) is 5.12. The van der Waals surface area contributed by atoms with Crippen molar-refractivity contribution in [3.05, 3.63) is 28.8 Å². The minimum atomic E-state index is -4.45. The number of hydrogen-bond acceptors (Lipinski definition) is 2. The summed E-state index contributed by atoms with van der Waals surface area (Å²) in [5, 5.41) is -1.12. The molecule has 1 aromatic carbocycles. The summed E-state index contributed by atoms with van der Waals surface area (Å²) in [6, 6.07) is 4.01. The van der Waals surface area contributed by atoms with E-state index in [9.17, 15) is 18.0 Å². The quantitative estimate of drug-likeness (QED) is 0.588. The van der Waals surface area contributed by atoms with Gasteiger partial charge < -0.3 is 0 Å². The maximum absolute atomic E-state index is 12.3. The lowest BCUT2D eigenvalue weighted by Crippen LogP contribution is -2.07. The standard InChI is InChI=1S/C10H7Cl2F3OS/c1-5(16)9(12)8-6(11)3-2-4-7(8)17-10(13,14)15/h2-4,9H,1H3. The summed E-state index contributed by atoms with van der Waals surface area (Å²) in [7, 11) is 0. The van der Waals surface area contributed by atoms with E-state index in [0.29, 0.717) is 0 Å². The third-order valence-corrected chi connectivity index (χ3v) is 3.51. The molecule has 0 N–H and O–H groups in total. The van der Waals surface area contributed by atoms with Crippen molar-refractivity contribution in [3.63, 3.8) is 0 Å². The van der Waals surface area contributed by atoms with Crippen LogP contribution in [0.2, 0.25) is 5.02 Å². The SMILES string of the molecule is CC(=O)C(Cl)c1c(Cl)cccc1SC(F)(F)F. The molecule has 0 saturated heterocycles. The van der Waals surface area contributed by atoms with E-state index in [4.69, 9.17) is 23.2 Å². The average molecular weight is 303 g/mol. The van der Waals surface area contributed by atoms with Crippen LogP contribution in [0.3, 0.4) is 0 Å². The molecule has 1 nitrogen and oxygen atoms in total. The zero-order valence-electron chi connectivity index (χ0n) is 8.52. The Hall–Kier alpha value is -0.390. The molecule has 0 fully saturated rings. The van der Waals surface area contributed by atoms with Crippen LogP contribution in [0.5, 0.6) is 0 Å². The second kappa shape index (κ2) is 5.50. The van der Waals surface area contributed by atoms with Crippen LogP contribution in [0.25, 0.3) is 0 Å². The van der Waals surface area contributed by atoms with Crippen molar-refractivity contribution in [1.29, 1.82) is 0 Å². The van der Waals surface area contributed by atoms with Crippen molar-refractivity contribution < 1.29 is 18.0 Å². The molecule has 0 aromatic heterocycles. The molecular formula is C10H7Cl2F3OS. The Morgan fingerprint density at radius 1 is 1.41 bits per heavy atom. The molecule has 0 aliphatic heterocycles. The lowest BCUT2D eigenvalue weighted by molar-refractivity contribution is -0.116. The molecule has 0 aliphatic carbocycles. The number of alkyl halides is 4. The predicted molar refractivity (Wildman–Crippen MR) is 62.6 cm³/mol. The Morgan fingerprint density at radius 3 is 2.47 bits per heavy atom. The van der Waals surface area contributed by atoms with Gasteiger partial charge in [0.25, 0.3) is 0 Å². The number of hydrogen-bond donors (Lipinski definition) is 0. The van der Waals surface area contributed by atoms with Gasteiger partial charge in [-0.25, -0.2) is 0 Å². The third kappa shape index (κ3) is 4.08. The van der Waals surface area contributed by atoms with Crippen molar-refractivity contribution in [2.24, 2.45) is 0 Å². The first-order chi connectivity index (χ1) is 7.72. The number of carbonyl (C=O) groups excluding carboxylic acids is 1. The molecule has 17 heavy (non-hydrogen) atoms. The summed E-state index contributed by atoms with van der Waals surface area (Å²) in [6.07, 6.45) is 0. The first-order valence-electron chi connectivity index (χ1n) is 4.41. The van der Waals surface area contributed by atoms with Gasteiger partial charge in [-0.05, 0) is 30.8 Å². The Labute approximate surface area is 110 Å². The number of benzene rings is 1. The van der Waals surface area contributed by atoms with Crippen LogP contribution in [0, 0.1) is 0 Å². The Bertz CT molecular complexity index is 434. The van der Waals surface area contributed by atoms with E-state index < -0.39 is 16.7 Å². The molecule has 1 rings (SSSR count). The first-order valence-corrected chi connectivity index (χ1v) is 6.04. The largest absolute Gasteiger partial charge is 0.446 e. The molecule has 0 heterocycles. The van der Waals surface area contributed by atoms with Gasteiger partial charge in [-0.1, -0.05) is 17.7 Å². The Morgan fingerprint density at radius 2 is 2.00 bits per heavy atom. The summed E-state index contributed by atoms with van der Waals surface area (Å²) in [4.78, 5) is 11.0. The van der Waals surface area contributed by atoms with E-state index in [1.807, 2.05) is 0 Å². The molecule has 0 amide bonds. The fraction of sp³-hybridized carbons (Fsp3) is 0.300. The lowest BCUT2D eigenvalue weighted by atomic mass is 10.1. The van der Waals surface area contributed by atoms with Crippen LogP contribution >= 0.6 is 35.0 Å². The van der Waals surface area contributed by atoms with Gasteiger partial charge in [0, 0.05) is 15.5 Å². The molecule has 0 spiro atoms. The maximum Gasteiger partial charge on any atom is 0.446 e. The highest BCUT2D eigenvalue weighted by Crippen LogP contribution is 2.43. The third-order valence-electron chi connectivity index (χ3n) is 1.85. The van der Waals surface area contributed by atoms with E-state index in [1.54, 1.807) is 0 Å². The van der Waals surface area contributed by atoms with E-state index in [1.165, 1.54) is 25.1 Å². The van der Waals surface area contributed by atoms with Gasteiger partial charge in [0.05, 0.1) is 0 Å². The Kier molecular flexibility index (Phi) is 4.75.